The molecule has 2 atom stereocenters. The fourth-order valence-electron chi connectivity index (χ4n) is 2.36. The molecule has 0 aliphatic carbocycles. The highest BCUT2D eigenvalue weighted by atomic mass is 35.5. The first kappa shape index (κ1) is 12.7. The first-order chi connectivity index (χ1) is 8.29. The van der Waals surface area contributed by atoms with E-state index in [2.05, 4.69) is 12.2 Å². The minimum absolute atomic E-state index is 0.330. The summed E-state index contributed by atoms with van der Waals surface area (Å²) >= 11 is 5.87. The highest BCUT2D eigenvalue weighted by molar-refractivity contribution is 6.30. The number of rotatable bonds is 5. The third-order valence-corrected chi connectivity index (χ3v) is 3.55. The Morgan fingerprint density at radius 2 is 2.18 bits per heavy atom. The van der Waals surface area contributed by atoms with Crippen LogP contribution >= 0.6 is 11.6 Å². The molecule has 2 nitrogen and oxygen atoms in total. The molecule has 17 heavy (non-hydrogen) atoms. The number of hydrogen-bond donors (Lipinski definition) is 1. The average molecular weight is 254 g/mol. The van der Waals surface area contributed by atoms with Gasteiger partial charge in [0.1, 0.15) is 11.9 Å². The van der Waals surface area contributed by atoms with Crippen LogP contribution in [0.2, 0.25) is 5.02 Å². The minimum Gasteiger partial charge on any atom is -0.490 e. The fraction of sp³-hybridized carbons (Fsp3) is 0.571. The van der Waals surface area contributed by atoms with E-state index in [-0.39, 0.29) is 0 Å². The summed E-state index contributed by atoms with van der Waals surface area (Å²) in [4.78, 5) is 0. The molecular formula is C14H20ClNO. The van der Waals surface area contributed by atoms with E-state index in [0.717, 1.165) is 36.7 Å². The fourth-order valence-corrected chi connectivity index (χ4v) is 2.48. The predicted octanol–water partition coefficient (Wildman–Crippen LogP) is 3.50. The molecule has 0 aromatic heterocycles. The van der Waals surface area contributed by atoms with Gasteiger partial charge in [0.25, 0.3) is 0 Å². The van der Waals surface area contributed by atoms with Crippen molar-refractivity contribution in [3.8, 4) is 5.75 Å². The quantitative estimate of drug-likeness (QED) is 0.867. The second-order valence-electron chi connectivity index (χ2n) is 4.65. The van der Waals surface area contributed by atoms with Crippen molar-refractivity contribution >= 4 is 11.6 Å². The lowest BCUT2D eigenvalue weighted by Gasteiger charge is -2.24. The van der Waals surface area contributed by atoms with E-state index in [1.165, 1.54) is 6.42 Å². The smallest absolute Gasteiger partial charge is 0.119 e. The summed E-state index contributed by atoms with van der Waals surface area (Å²) in [6.07, 6.45) is 3.83. The van der Waals surface area contributed by atoms with Gasteiger partial charge in [-0.2, -0.15) is 0 Å². The van der Waals surface area contributed by atoms with Crippen molar-refractivity contribution in [1.82, 2.24) is 5.32 Å². The van der Waals surface area contributed by atoms with Gasteiger partial charge < -0.3 is 10.1 Å². The lowest BCUT2D eigenvalue weighted by atomic mass is 9.97. The first-order valence-electron chi connectivity index (χ1n) is 6.42. The summed E-state index contributed by atoms with van der Waals surface area (Å²) in [6.45, 7) is 4.41. The van der Waals surface area contributed by atoms with Gasteiger partial charge in [0.2, 0.25) is 0 Å². The Hall–Kier alpha value is -0.730. The van der Waals surface area contributed by atoms with Gasteiger partial charge in [-0.1, -0.05) is 24.9 Å². The lowest BCUT2D eigenvalue weighted by molar-refractivity contribution is 0.132. The molecule has 0 spiro atoms. The molecule has 1 fully saturated rings. The van der Waals surface area contributed by atoms with E-state index in [0.29, 0.717) is 12.0 Å². The van der Waals surface area contributed by atoms with E-state index >= 15 is 0 Å². The van der Waals surface area contributed by atoms with Crippen LogP contribution in [0.5, 0.6) is 5.75 Å². The van der Waals surface area contributed by atoms with Crippen LogP contribution in [0, 0.1) is 5.92 Å². The molecule has 1 aromatic rings. The van der Waals surface area contributed by atoms with Gasteiger partial charge >= 0.3 is 0 Å². The average Bonchev–Trinajstić information content (AvgIpc) is 2.85. The number of ether oxygens (including phenoxy) is 1. The maximum Gasteiger partial charge on any atom is 0.119 e. The van der Waals surface area contributed by atoms with E-state index < -0.39 is 0 Å². The number of hydrogen-bond acceptors (Lipinski definition) is 2. The van der Waals surface area contributed by atoms with Crippen LogP contribution < -0.4 is 10.1 Å². The molecule has 3 heteroatoms. The molecule has 1 saturated heterocycles. The van der Waals surface area contributed by atoms with Gasteiger partial charge in [-0.05, 0) is 43.7 Å². The zero-order chi connectivity index (χ0) is 12.1. The Bertz CT molecular complexity index is 333. The molecule has 1 aromatic carbocycles. The van der Waals surface area contributed by atoms with Crippen LogP contribution in [0.25, 0.3) is 0 Å². The molecule has 1 N–H and O–H groups in total. The summed E-state index contributed by atoms with van der Waals surface area (Å²) in [5.41, 5.74) is 0. The van der Waals surface area contributed by atoms with Gasteiger partial charge in [-0.25, -0.2) is 0 Å². The van der Waals surface area contributed by atoms with Gasteiger partial charge in [0.15, 0.2) is 0 Å². The normalized spacial score (nSPS) is 21.4. The highest BCUT2D eigenvalue weighted by Gasteiger charge is 2.25. The molecule has 0 bridgehead atoms. The zero-order valence-electron chi connectivity index (χ0n) is 10.3. The molecule has 1 aliphatic rings. The van der Waals surface area contributed by atoms with Crippen LogP contribution in [0.4, 0.5) is 0 Å². The Morgan fingerprint density at radius 3 is 2.76 bits per heavy atom. The number of benzene rings is 1. The van der Waals surface area contributed by atoms with Crippen molar-refractivity contribution in [2.24, 2.45) is 5.92 Å². The molecule has 0 saturated carbocycles. The maximum absolute atomic E-state index is 6.10. The first-order valence-corrected chi connectivity index (χ1v) is 6.80. The number of halogens is 1. The van der Waals surface area contributed by atoms with Crippen LogP contribution in [0.3, 0.4) is 0 Å². The molecule has 1 aliphatic heterocycles. The van der Waals surface area contributed by atoms with Crippen LogP contribution in [0.15, 0.2) is 24.3 Å². The number of nitrogens with one attached hydrogen (secondary N) is 1. The van der Waals surface area contributed by atoms with Crippen molar-refractivity contribution in [3.05, 3.63) is 29.3 Å². The van der Waals surface area contributed by atoms with Gasteiger partial charge in [0, 0.05) is 17.5 Å². The topological polar surface area (TPSA) is 21.3 Å². The zero-order valence-corrected chi connectivity index (χ0v) is 11.0. The monoisotopic (exact) mass is 253 g/mol. The van der Waals surface area contributed by atoms with Crippen molar-refractivity contribution in [2.75, 3.05) is 13.1 Å². The maximum atomic E-state index is 6.10. The van der Waals surface area contributed by atoms with Crippen molar-refractivity contribution < 1.29 is 4.74 Å². The van der Waals surface area contributed by atoms with E-state index in [1.807, 2.05) is 24.3 Å². The van der Waals surface area contributed by atoms with Crippen LogP contribution in [-0.4, -0.2) is 19.2 Å². The van der Waals surface area contributed by atoms with Gasteiger partial charge in [-0.15, -0.1) is 0 Å². The summed E-state index contributed by atoms with van der Waals surface area (Å²) < 4.78 is 6.10. The van der Waals surface area contributed by atoms with Crippen LogP contribution in [0.1, 0.15) is 26.2 Å². The Morgan fingerprint density at radius 1 is 1.41 bits per heavy atom. The third kappa shape index (κ3) is 3.62. The third-order valence-electron chi connectivity index (χ3n) is 3.30. The molecular weight excluding hydrogens is 234 g/mol. The van der Waals surface area contributed by atoms with Crippen molar-refractivity contribution in [2.45, 2.75) is 32.3 Å². The molecule has 0 radical (unpaired) electrons. The van der Waals surface area contributed by atoms with Gasteiger partial charge in [-0.3, -0.25) is 0 Å². The van der Waals surface area contributed by atoms with Crippen molar-refractivity contribution in [3.63, 3.8) is 0 Å². The lowest BCUT2D eigenvalue weighted by Crippen LogP contribution is -2.28. The molecule has 0 amide bonds. The molecule has 1 unspecified atom stereocenters. The molecule has 94 valence electrons. The largest absolute Gasteiger partial charge is 0.490 e. The summed E-state index contributed by atoms with van der Waals surface area (Å²) in [5, 5.41) is 4.16. The second-order valence-corrected chi connectivity index (χ2v) is 5.09. The van der Waals surface area contributed by atoms with E-state index in [1.54, 1.807) is 0 Å². The highest BCUT2D eigenvalue weighted by Crippen LogP contribution is 2.24. The molecule has 2 rings (SSSR count). The van der Waals surface area contributed by atoms with Crippen LogP contribution in [-0.2, 0) is 0 Å². The van der Waals surface area contributed by atoms with Gasteiger partial charge in [0.05, 0.1) is 0 Å². The summed E-state index contributed by atoms with van der Waals surface area (Å²) in [5.74, 6) is 1.57. The minimum atomic E-state index is 0.330. The van der Waals surface area contributed by atoms with E-state index in [9.17, 15) is 0 Å². The Kier molecular flexibility index (Phi) is 4.69. The van der Waals surface area contributed by atoms with Crippen molar-refractivity contribution in [1.29, 1.82) is 0 Å². The Balaban J connectivity index is 1.98. The van der Waals surface area contributed by atoms with E-state index in [4.69, 9.17) is 16.3 Å². The predicted molar refractivity (Wildman–Crippen MR) is 71.8 cm³/mol. The Labute approximate surface area is 108 Å². The SMILES string of the molecule is CCC[C@@H](Oc1ccc(Cl)cc1)C1CCNC1. The standard InChI is InChI=1S/C14H20ClNO/c1-2-3-14(11-8-9-16-10-11)17-13-6-4-12(15)5-7-13/h4-7,11,14,16H,2-3,8-10H2,1H3/t11?,14-/m1/s1. The second kappa shape index (κ2) is 6.27. The molecule has 1 heterocycles. The summed E-state index contributed by atoms with van der Waals surface area (Å²) in [7, 11) is 0. The summed E-state index contributed by atoms with van der Waals surface area (Å²) in [6, 6.07) is 7.67.